The highest BCUT2D eigenvalue weighted by Gasteiger charge is 2.17. The van der Waals surface area contributed by atoms with Gasteiger partial charge < -0.3 is 9.47 Å². The summed E-state index contributed by atoms with van der Waals surface area (Å²) in [5.74, 6) is -0.295. The maximum Gasteiger partial charge on any atom is 0.306 e. The van der Waals surface area contributed by atoms with Crippen LogP contribution in [0.5, 0.6) is 0 Å². The predicted octanol–water partition coefficient (Wildman–Crippen LogP) is 8.55. The van der Waals surface area contributed by atoms with Crippen LogP contribution >= 0.6 is 0 Å². The van der Waals surface area contributed by atoms with Crippen LogP contribution in [-0.2, 0) is 19.1 Å². The molecule has 1 unspecified atom stereocenters. The molecule has 1 atom stereocenters. The number of hydrogen-bond acceptors (Lipinski definition) is 4. The van der Waals surface area contributed by atoms with Gasteiger partial charge in [0, 0.05) is 0 Å². The SMILES string of the molecule is CCCCCCCCCCCCCCCCCCOC(=O)CCC(=O)OC(CC)C(C)C. The fourth-order valence-corrected chi connectivity index (χ4v) is 4.03. The molecule has 0 spiro atoms. The minimum absolute atomic E-state index is 0.0661. The largest absolute Gasteiger partial charge is 0.466 e. The third kappa shape index (κ3) is 20.8. The molecule has 0 saturated carbocycles. The molecule has 32 heavy (non-hydrogen) atoms. The first-order valence-electron chi connectivity index (χ1n) is 13.9. The molecule has 0 heterocycles. The zero-order valence-corrected chi connectivity index (χ0v) is 21.9. The van der Waals surface area contributed by atoms with Gasteiger partial charge in [0.25, 0.3) is 0 Å². The summed E-state index contributed by atoms with van der Waals surface area (Å²) in [4.78, 5) is 23.6. The standard InChI is InChI=1S/C28H54O4/c1-5-7-8-9-10-11-12-13-14-15-16-17-18-19-20-21-24-31-27(29)22-23-28(30)32-26(6-2)25(3)4/h25-26H,5-24H2,1-4H3. The van der Waals surface area contributed by atoms with E-state index in [2.05, 4.69) is 6.92 Å². The van der Waals surface area contributed by atoms with Crippen molar-refractivity contribution in [3.05, 3.63) is 0 Å². The molecular weight excluding hydrogens is 400 g/mol. The molecular formula is C28H54O4. The summed E-state index contributed by atoms with van der Waals surface area (Å²) in [6, 6.07) is 0. The van der Waals surface area contributed by atoms with E-state index in [1.165, 1.54) is 89.9 Å². The van der Waals surface area contributed by atoms with Crippen LogP contribution in [0.25, 0.3) is 0 Å². The molecule has 0 aromatic carbocycles. The first-order valence-corrected chi connectivity index (χ1v) is 13.9. The topological polar surface area (TPSA) is 52.6 Å². The summed E-state index contributed by atoms with van der Waals surface area (Å²) in [7, 11) is 0. The number of esters is 2. The molecule has 0 aromatic rings. The summed E-state index contributed by atoms with van der Waals surface area (Å²) < 4.78 is 10.6. The predicted molar refractivity (Wildman–Crippen MR) is 135 cm³/mol. The van der Waals surface area contributed by atoms with Gasteiger partial charge in [0.2, 0.25) is 0 Å². The smallest absolute Gasteiger partial charge is 0.306 e. The lowest BCUT2D eigenvalue weighted by Gasteiger charge is -2.19. The van der Waals surface area contributed by atoms with Crippen molar-refractivity contribution in [1.82, 2.24) is 0 Å². The van der Waals surface area contributed by atoms with E-state index in [1.54, 1.807) is 0 Å². The Morgan fingerprint density at radius 3 is 1.41 bits per heavy atom. The Bertz CT molecular complexity index is 433. The highest BCUT2D eigenvalue weighted by Crippen LogP contribution is 2.14. The summed E-state index contributed by atoms with van der Waals surface area (Å²) in [5.41, 5.74) is 0. The maximum atomic E-state index is 11.8. The molecule has 0 rings (SSSR count). The number of ether oxygens (including phenoxy) is 2. The Balaban J connectivity index is 3.34. The van der Waals surface area contributed by atoms with E-state index in [0.29, 0.717) is 12.5 Å². The van der Waals surface area contributed by atoms with E-state index in [9.17, 15) is 9.59 Å². The van der Waals surface area contributed by atoms with Gasteiger partial charge in [0.05, 0.1) is 19.4 Å². The average molecular weight is 455 g/mol. The lowest BCUT2D eigenvalue weighted by Crippen LogP contribution is -2.23. The number of carbonyl (C=O) groups is 2. The average Bonchev–Trinajstić information content (AvgIpc) is 2.77. The van der Waals surface area contributed by atoms with Crippen molar-refractivity contribution >= 4 is 11.9 Å². The zero-order chi connectivity index (χ0) is 23.9. The van der Waals surface area contributed by atoms with Crippen LogP contribution in [0.4, 0.5) is 0 Å². The van der Waals surface area contributed by atoms with E-state index in [0.717, 1.165) is 19.3 Å². The van der Waals surface area contributed by atoms with Crippen LogP contribution in [0.1, 0.15) is 150 Å². The summed E-state index contributed by atoms with van der Waals surface area (Å²) in [5, 5.41) is 0. The first-order chi connectivity index (χ1) is 15.5. The van der Waals surface area contributed by atoms with E-state index in [-0.39, 0.29) is 30.9 Å². The molecule has 0 radical (unpaired) electrons. The molecule has 0 aromatic heterocycles. The second-order valence-corrected chi connectivity index (χ2v) is 9.70. The van der Waals surface area contributed by atoms with Crippen LogP contribution < -0.4 is 0 Å². The molecule has 0 fully saturated rings. The van der Waals surface area contributed by atoms with Gasteiger partial charge in [-0.3, -0.25) is 9.59 Å². The minimum Gasteiger partial charge on any atom is -0.466 e. The minimum atomic E-state index is -0.301. The second-order valence-electron chi connectivity index (χ2n) is 9.70. The van der Waals surface area contributed by atoms with E-state index in [4.69, 9.17) is 9.47 Å². The number of carbonyl (C=O) groups excluding carboxylic acids is 2. The first kappa shape index (κ1) is 30.9. The monoisotopic (exact) mass is 454 g/mol. The van der Waals surface area contributed by atoms with E-state index in [1.807, 2.05) is 20.8 Å². The Morgan fingerprint density at radius 2 is 1.00 bits per heavy atom. The maximum absolute atomic E-state index is 11.8. The van der Waals surface area contributed by atoms with Crippen molar-refractivity contribution in [1.29, 1.82) is 0 Å². The summed E-state index contributed by atoms with van der Waals surface area (Å²) >= 11 is 0. The fraction of sp³-hybridized carbons (Fsp3) is 0.929. The van der Waals surface area contributed by atoms with Crippen LogP contribution in [0, 0.1) is 5.92 Å². The number of rotatable bonds is 23. The summed E-state index contributed by atoms with van der Waals surface area (Å²) in [6.45, 7) is 8.82. The Morgan fingerprint density at radius 1 is 0.594 bits per heavy atom. The van der Waals surface area contributed by atoms with Crippen molar-refractivity contribution in [3.8, 4) is 0 Å². The van der Waals surface area contributed by atoms with Crippen molar-refractivity contribution < 1.29 is 19.1 Å². The molecule has 0 saturated heterocycles. The van der Waals surface area contributed by atoms with E-state index >= 15 is 0 Å². The molecule has 0 amide bonds. The molecule has 0 aliphatic heterocycles. The van der Waals surface area contributed by atoms with Gasteiger partial charge >= 0.3 is 11.9 Å². The highest BCUT2D eigenvalue weighted by molar-refractivity contribution is 5.77. The molecule has 0 aliphatic rings. The van der Waals surface area contributed by atoms with Crippen LogP contribution in [0.15, 0.2) is 0 Å². The number of unbranched alkanes of at least 4 members (excludes halogenated alkanes) is 15. The molecule has 4 heteroatoms. The quantitative estimate of drug-likeness (QED) is 0.115. The number of hydrogen-bond donors (Lipinski definition) is 0. The molecule has 190 valence electrons. The van der Waals surface area contributed by atoms with Gasteiger partial charge in [-0.25, -0.2) is 0 Å². The highest BCUT2D eigenvalue weighted by atomic mass is 16.5. The Kier molecular flexibility index (Phi) is 22.3. The van der Waals surface area contributed by atoms with Crippen molar-refractivity contribution in [2.24, 2.45) is 5.92 Å². The van der Waals surface area contributed by atoms with Crippen molar-refractivity contribution in [2.45, 2.75) is 156 Å². The Hall–Kier alpha value is -1.06. The van der Waals surface area contributed by atoms with Crippen LogP contribution in [0.2, 0.25) is 0 Å². The third-order valence-corrected chi connectivity index (χ3v) is 6.22. The zero-order valence-electron chi connectivity index (χ0n) is 21.9. The van der Waals surface area contributed by atoms with Crippen molar-refractivity contribution in [3.63, 3.8) is 0 Å². The van der Waals surface area contributed by atoms with Gasteiger partial charge in [-0.05, 0) is 18.8 Å². The van der Waals surface area contributed by atoms with Gasteiger partial charge in [0.1, 0.15) is 6.10 Å². The molecule has 0 aliphatic carbocycles. The van der Waals surface area contributed by atoms with Crippen LogP contribution in [-0.4, -0.2) is 24.6 Å². The normalized spacial score (nSPS) is 12.2. The lowest BCUT2D eigenvalue weighted by molar-refractivity contribution is -0.155. The molecule has 0 N–H and O–H groups in total. The third-order valence-electron chi connectivity index (χ3n) is 6.22. The van der Waals surface area contributed by atoms with Crippen LogP contribution in [0.3, 0.4) is 0 Å². The molecule has 4 nitrogen and oxygen atoms in total. The van der Waals surface area contributed by atoms with Gasteiger partial charge in [-0.15, -0.1) is 0 Å². The Labute approximate surface area is 199 Å². The second kappa shape index (κ2) is 23.1. The fourth-order valence-electron chi connectivity index (χ4n) is 4.03. The summed E-state index contributed by atoms with van der Waals surface area (Å²) in [6.07, 6.45) is 22.2. The van der Waals surface area contributed by atoms with Gasteiger partial charge in [-0.1, -0.05) is 124 Å². The van der Waals surface area contributed by atoms with Gasteiger partial charge in [0.15, 0.2) is 0 Å². The van der Waals surface area contributed by atoms with E-state index < -0.39 is 0 Å². The van der Waals surface area contributed by atoms with Gasteiger partial charge in [-0.2, -0.15) is 0 Å². The molecule has 0 bridgehead atoms. The lowest BCUT2D eigenvalue weighted by atomic mass is 10.0. The van der Waals surface area contributed by atoms with Crippen molar-refractivity contribution in [2.75, 3.05) is 6.61 Å².